The van der Waals surface area contributed by atoms with Crippen molar-refractivity contribution < 1.29 is 0 Å². The number of nitrogens with zero attached hydrogens (tertiary/aromatic N) is 2. The number of fused-ring (bicyclic) bond motifs is 1. The molecule has 1 aromatic heterocycles. The van der Waals surface area contributed by atoms with Crippen LogP contribution in [0.25, 0.3) is 0 Å². The molecule has 0 atom stereocenters. The smallest absolute Gasteiger partial charge is 0.222 e. The lowest BCUT2D eigenvalue weighted by Crippen LogP contribution is -2.26. The van der Waals surface area contributed by atoms with Crippen LogP contribution < -0.4 is 16.4 Å². The standard InChI is InChI=1S/C8H13N5.C2H6/c1-10-7-5-4-11-3-2-6(5)12-8(9)13-7;1-2/h11H,2-4H2,1H3,(H3,9,10,12,13);1-2H3. The van der Waals surface area contributed by atoms with Crippen molar-refractivity contribution in [2.24, 2.45) is 0 Å². The summed E-state index contributed by atoms with van der Waals surface area (Å²) in [5, 5.41) is 6.30. The molecule has 0 unspecified atom stereocenters. The zero-order chi connectivity index (χ0) is 11.3. The van der Waals surface area contributed by atoms with Gasteiger partial charge in [-0.1, -0.05) is 13.8 Å². The first-order valence-corrected chi connectivity index (χ1v) is 5.35. The molecule has 0 aliphatic carbocycles. The molecule has 5 nitrogen and oxygen atoms in total. The monoisotopic (exact) mass is 209 g/mol. The first-order valence-electron chi connectivity index (χ1n) is 5.35. The molecule has 0 fully saturated rings. The minimum atomic E-state index is 0.352. The third-order valence-electron chi connectivity index (χ3n) is 2.19. The highest BCUT2D eigenvalue weighted by molar-refractivity contribution is 5.49. The van der Waals surface area contributed by atoms with Crippen molar-refractivity contribution in [3.05, 3.63) is 11.3 Å². The topological polar surface area (TPSA) is 75.9 Å². The average Bonchev–Trinajstić information content (AvgIpc) is 2.30. The second kappa shape index (κ2) is 5.50. The fourth-order valence-electron chi connectivity index (χ4n) is 1.57. The van der Waals surface area contributed by atoms with Crippen LogP contribution in [0.1, 0.15) is 25.1 Å². The van der Waals surface area contributed by atoms with Gasteiger partial charge in [0.05, 0.1) is 5.69 Å². The second-order valence-electron chi connectivity index (χ2n) is 3.03. The minimum absolute atomic E-state index is 0.352. The largest absolute Gasteiger partial charge is 0.373 e. The summed E-state index contributed by atoms with van der Waals surface area (Å²) in [6.07, 6.45) is 0.927. The summed E-state index contributed by atoms with van der Waals surface area (Å²) >= 11 is 0. The Kier molecular flexibility index (Phi) is 4.30. The van der Waals surface area contributed by atoms with E-state index in [9.17, 15) is 0 Å². The summed E-state index contributed by atoms with van der Waals surface area (Å²) in [5.41, 5.74) is 7.78. The maximum Gasteiger partial charge on any atom is 0.222 e. The van der Waals surface area contributed by atoms with Gasteiger partial charge in [0.25, 0.3) is 0 Å². The Morgan fingerprint density at radius 1 is 1.33 bits per heavy atom. The molecule has 5 heteroatoms. The van der Waals surface area contributed by atoms with Crippen molar-refractivity contribution in [3.63, 3.8) is 0 Å². The van der Waals surface area contributed by atoms with Gasteiger partial charge in [-0.15, -0.1) is 0 Å². The highest BCUT2D eigenvalue weighted by atomic mass is 15.1. The number of hydrogen-bond donors (Lipinski definition) is 3. The van der Waals surface area contributed by atoms with Crippen LogP contribution in [0.4, 0.5) is 11.8 Å². The lowest BCUT2D eigenvalue weighted by atomic mass is 10.1. The third kappa shape index (κ3) is 2.56. The van der Waals surface area contributed by atoms with Crippen LogP contribution in [-0.2, 0) is 13.0 Å². The van der Waals surface area contributed by atoms with Crippen LogP contribution >= 0.6 is 0 Å². The molecule has 0 bridgehead atoms. The first-order chi connectivity index (χ1) is 7.31. The molecule has 0 spiro atoms. The van der Waals surface area contributed by atoms with Gasteiger partial charge in [-0.3, -0.25) is 0 Å². The van der Waals surface area contributed by atoms with Crippen molar-refractivity contribution >= 4 is 11.8 Å². The van der Waals surface area contributed by atoms with Crippen molar-refractivity contribution in [2.45, 2.75) is 26.8 Å². The lowest BCUT2D eigenvalue weighted by molar-refractivity contribution is 0.629. The van der Waals surface area contributed by atoms with E-state index in [0.717, 1.165) is 36.6 Å². The van der Waals surface area contributed by atoms with Crippen LogP contribution in [0.2, 0.25) is 0 Å². The van der Waals surface area contributed by atoms with Gasteiger partial charge in [0.2, 0.25) is 5.95 Å². The van der Waals surface area contributed by atoms with Crippen molar-refractivity contribution in [3.8, 4) is 0 Å². The number of aromatic nitrogens is 2. The minimum Gasteiger partial charge on any atom is -0.373 e. The molecule has 1 aliphatic heterocycles. The molecule has 1 aromatic rings. The number of anilines is 2. The molecule has 0 amide bonds. The molecule has 0 aromatic carbocycles. The van der Waals surface area contributed by atoms with E-state index >= 15 is 0 Å². The Morgan fingerprint density at radius 2 is 2.07 bits per heavy atom. The van der Waals surface area contributed by atoms with Gasteiger partial charge in [0.15, 0.2) is 0 Å². The van der Waals surface area contributed by atoms with Crippen LogP contribution in [0.15, 0.2) is 0 Å². The van der Waals surface area contributed by atoms with E-state index < -0.39 is 0 Å². The molecule has 1 aliphatic rings. The molecular formula is C10H19N5. The van der Waals surface area contributed by atoms with Crippen molar-refractivity contribution in [1.82, 2.24) is 15.3 Å². The van der Waals surface area contributed by atoms with Gasteiger partial charge in [0, 0.05) is 32.1 Å². The predicted octanol–water partition coefficient (Wildman–Crippen LogP) is 0.772. The van der Waals surface area contributed by atoms with Gasteiger partial charge in [-0.05, 0) is 0 Å². The molecular weight excluding hydrogens is 190 g/mol. The van der Waals surface area contributed by atoms with E-state index in [2.05, 4.69) is 20.6 Å². The SMILES string of the molecule is CC.CNc1nc(N)nc2c1CNCC2. The maximum atomic E-state index is 5.58. The molecule has 0 radical (unpaired) electrons. The zero-order valence-electron chi connectivity index (χ0n) is 9.59. The van der Waals surface area contributed by atoms with Gasteiger partial charge < -0.3 is 16.4 Å². The Hall–Kier alpha value is -1.36. The second-order valence-corrected chi connectivity index (χ2v) is 3.03. The highest BCUT2D eigenvalue weighted by Crippen LogP contribution is 2.19. The summed E-state index contributed by atoms with van der Waals surface area (Å²) in [7, 11) is 1.84. The fourth-order valence-corrected chi connectivity index (χ4v) is 1.57. The normalized spacial score (nSPS) is 13.5. The Morgan fingerprint density at radius 3 is 2.73 bits per heavy atom. The summed E-state index contributed by atoms with van der Waals surface area (Å²) in [4.78, 5) is 8.33. The van der Waals surface area contributed by atoms with Crippen LogP contribution in [0.3, 0.4) is 0 Å². The molecule has 4 N–H and O–H groups in total. The van der Waals surface area contributed by atoms with Crippen molar-refractivity contribution in [2.75, 3.05) is 24.6 Å². The van der Waals surface area contributed by atoms with Crippen LogP contribution in [-0.4, -0.2) is 23.6 Å². The summed E-state index contributed by atoms with van der Waals surface area (Å²) in [6, 6.07) is 0. The van der Waals surface area contributed by atoms with Gasteiger partial charge in [-0.2, -0.15) is 4.98 Å². The number of hydrogen-bond acceptors (Lipinski definition) is 5. The maximum absolute atomic E-state index is 5.58. The predicted molar refractivity (Wildman–Crippen MR) is 62.7 cm³/mol. The fraction of sp³-hybridized carbons (Fsp3) is 0.600. The van der Waals surface area contributed by atoms with E-state index in [-0.39, 0.29) is 0 Å². The highest BCUT2D eigenvalue weighted by Gasteiger charge is 2.15. The van der Waals surface area contributed by atoms with Gasteiger partial charge in [0.1, 0.15) is 5.82 Å². The Labute approximate surface area is 90.5 Å². The molecule has 15 heavy (non-hydrogen) atoms. The quantitative estimate of drug-likeness (QED) is 0.637. The number of nitrogen functional groups attached to an aromatic ring is 1. The average molecular weight is 209 g/mol. The van der Waals surface area contributed by atoms with Crippen molar-refractivity contribution in [1.29, 1.82) is 0 Å². The molecule has 0 saturated carbocycles. The molecule has 0 saturated heterocycles. The molecule has 2 rings (SSSR count). The first kappa shape index (κ1) is 11.7. The summed E-state index contributed by atoms with van der Waals surface area (Å²) in [5.74, 6) is 1.19. The van der Waals surface area contributed by atoms with Gasteiger partial charge >= 0.3 is 0 Å². The van der Waals surface area contributed by atoms with E-state index in [1.807, 2.05) is 20.9 Å². The van der Waals surface area contributed by atoms with E-state index in [4.69, 9.17) is 5.73 Å². The van der Waals surface area contributed by atoms with Gasteiger partial charge in [-0.25, -0.2) is 4.98 Å². The Balaban J connectivity index is 0.000000531. The molecule has 84 valence electrons. The Bertz CT molecular complexity index is 307. The number of rotatable bonds is 1. The number of nitrogens with one attached hydrogen (secondary N) is 2. The zero-order valence-corrected chi connectivity index (χ0v) is 9.59. The van der Waals surface area contributed by atoms with Crippen LogP contribution in [0.5, 0.6) is 0 Å². The van der Waals surface area contributed by atoms with E-state index in [1.165, 1.54) is 0 Å². The summed E-state index contributed by atoms with van der Waals surface area (Å²) < 4.78 is 0. The van der Waals surface area contributed by atoms with Crippen LogP contribution in [0, 0.1) is 0 Å². The third-order valence-corrected chi connectivity index (χ3v) is 2.19. The molecule has 2 heterocycles. The number of nitrogens with two attached hydrogens (primary N) is 1. The van der Waals surface area contributed by atoms with E-state index in [0.29, 0.717) is 5.95 Å². The summed E-state index contributed by atoms with van der Waals surface area (Å²) in [6.45, 7) is 5.79. The lowest BCUT2D eigenvalue weighted by Gasteiger charge is -2.18. The van der Waals surface area contributed by atoms with E-state index in [1.54, 1.807) is 0 Å².